The summed E-state index contributed by atoms with van der Waals surface area (Å²) in [7, 11) is 0. The van der Waals surface area contributed by atoms with E-state index in [0.717, 1.165) is 0 Å². The van der Waals surface area contributed by atoms with Gasteiger partial charge in [0.1, 0.15) is 0 Å². The number of carbonyl (C=O) groups excluding carboxylic acids is 2. The minimum absolute atomic E-state index is 0. The number of esters is 1. The number of Topliss-reactive ketones (excluding diaryl/α,β-unsaturated/α-hetero) is 1. The van der Waals surface area contributed by atoms with Crippen molar-refractivity contribution in [1.82, 2.24) is 0 Å². The normalized spacial score (nSPS) is 47.1. The minimum atomic E-state index is -1.78. The van der Waals surface area contributed by atoms with Gasteiger partial charge in [0.25, 0.3) is 0 Å². The molecule has 0 spiro atoms. The van der Waals surface area contributed by atoms with Gasteiger partial charge in [-0.05, 0) is 43.3 Å². The Labute approximate surface area is 231 Å². The minimum Gasteiger partial charge on any atom is -0.450 e. The zero-order valence-corrected chi connectivity index (χ0v) is 25.4. The molecule has 0 saturated heterocycles. The maximum Gasteiger partial charge on any atom is 0.303 e. The standard InChI is InChI=1S/C24H38O8.Ac/c1-11-8-16(28)22(7)19(23(11,30)10-25)13(3)24(31)9-15(27)12(2)17(21(24,5)6)18(20(22)29)32-14(4)26;/h11,13,15-16,18-19,25,27-28,30-31H,8-10H2,1-7H3;/t11-,13+,15?,16?,18?,19?,22-,23?,24?;/m1./s1. The number of carbonyl (C=O) groups is 2. The van der Waals surface area contributed by atoms with Gasteiger partial charge in [0, 0.05) is 68.7 Å². The van der Waals surface area contributed by atoms with E-state index < -0.39 is 76.5 Å². The smallest absolute Gasteiger partial charge is 0.303 e. The van der Waals surface area contributed by atoms with E-state index in [9.17, 15) is 35.1 Å². The molecule has 5 N–H and O–H groups in total. The van der Waals surface area contributed by atoms with Gasteiger partial charge in [0.05, 0.1) is 35.4 Å². The maximum atomic E-state index is 14.2. The monoisotopic (exact) mass is 681 g/mol. The predicted molar refractivity (Wildman–Crippen MR) is 115 cm³/mol. The largest absolute Gasteiger partial charge is 0.450 e. The number of hydrogen-bond donors (Lipinski definition) is 5. The van der Waals surface area contributed by atoms with Crippen LogP contribution in [0.1, 0.15) is 61.3 Å². The van der Waals surface area contributed by atoms with Crippen molar-refractivity contribution in [1.29, 1.82) is 0 Å². The topological polar surface area (TPSA) is 145 Å². The molecule has 3 aliphatic carbocycles. The summed E-state index contributed by atoms with van der Waals surface area (Å²) >= 11 is 0. The molecule has 33 heavy (non-hydrogen) atoms. The molecule has 9 heteroatoms. The van der Waals surface area contributed by atoms with Crippen molar-refractivity contribution in [2.75, 3.05) is 6.61 Å². The Morgan fingerprint density at radius 2 is 1.70 bits per heavy atom. The van der Waals surface area contributed by atoms with Gasteiger partial charge in [-0.25, -0.2) is 0 Å². The number of rotatable bonds is 2. The molecule has 185 valence electrons. The van der Waals surface area contributed by atoms with Crippen LogP contribution in [0.5, 0.6) is 0 Å². The second kappa shape index (κ2) is 9.21. The summed E-state index contributed by atoms with van der Waals surface area (Å²) in [4.78, 5) is 26.2. The summed E-state index contributed by atoms with van der Waals surface area (Å²) in [6.07, 6.45) is -3.74. The molecule has 0 aromatic rings. The Bertz CT molecular complexity index is 855. The summed E-state index contributed by atoms with van der Waals surface area (Å²) in [5.41, 5.74) is -5.38. The number of aliphatic hydroxyl groups excluding tert-OH is 3. The Morgan fingerprint density at radius 1 is 1.15 bits per heavy atom. The molecule has 0 aliphatic heterocycles. The van der Waals surface area contributed by atoms with Crippen molar-refractivity contribution in [3.63, 3.8) is 0 Å². The van der Waals surface area contributed by atoms with E-state index in [4.69, 9.17) is 4.74 Å². The van der Waals surface area contributed by atoms with Crippen LogP contribution in [0, 0.1) is 72.6 Å². The average molecular weight is 682 g/mol. The quantitative estimate of drug-likeness (QED) is 0.212. The molecular formula is C24H38AcO8. The predicted octanol–water partition coefficient (Wildman–Crippen LogP) is 0.722. The number of ketones is 1. The molecule has 8 nitrogen and oxygen atoms in total. The van der Waals surface area contributed by atoms with Gasteiger partial charge >= 0.3 is 5.97 Å². The Morgan fingerprint density at radius 3 is 2.18 bits per heavy atom. The van der Waals surface area contributed by atoms with Crippen molar-refractivity contribution in [2.45, 2.75) is 90.8 Å². The molecule has 1 radical (unpaired) electrons. The van der Waals surface area contributed by atoms with Crippen LogP contribution in [0.25, 0.3) is 0 Å². The zero-order chi connectivity index (χ0) is 24.6. The molecule has 3 rings (SSSR count). The summed E-state index contributed by atoms with van der Waals surface area (Å²) in [5, 5.41) is 56.2. The molecule has 0 aromatic heterocycles. The molecular weight excluding hydrogens is 643 g/mol. The number of aliphatic hydroxyl groups is 5. The van der Waals surface area contributed by atoms with Crippen molar-refractivity contribution >= 4 is 11.8 Å². The molecule has 0 amide bonds. The fraction of sp³-hybridized carbons (Fsp3) is 0.833. The molecule has 2 fully saturated rings. The summed E-state index contributed by atoms with van der Waals surface area (Å²) in [5.74, 6) is -3.76. The molecule has 0 aromatic carbocycles. The van der Waals surface area contributed by atoms with E-state index >= 15 is 0 Å². The van der Waals surface area contributed by atoms with E-state index in [1.807, 2.05) is 0 Å². The third-order valence-electron chi connectivity index (χ3n) is 9.31. The number of hydrogen-bond acceptors (Lipinski definition) is 8. The van der Waals surface area contributed by atoms with E-state index in [-0.39, 0.29) is 56.9 Å². The van der Waals surface area contributed by atoms with Gasteiger partial charge in [-0.1, -0.05) is 27.7 Å². The first-order valence-corrected chi connectivity index (χ1v) is 11.4. The van der Waals surface area contributed by atoms with E-state index in [0.29, 0.717) is 11.1 Å². The Balaban J connectivity index is 0.00000385. The summed E-state index contributed by atoms with van der Waals surface area (Å²) in [6, 6.07) is 0. The van der Waals surface area contributed by atoms with Crippen LogP contribution in [0.2, 0.25) is 0 Å². The average Bonchev–Trinajstić information content (AvgIpc) is 2.68. The molecule has 6 unspecified atom stereocenters. The van der Waals surface area contributed by atoms with Crippen molar-refractivity contribution in [3.05, 3.63) is 11.1 Å². The Kier molecular flexibility index (Phi) is 8.19. The first-order chi connectivity index (χ1) is 14.5. The second-order valence-electron chi connectivity index (χ2n) is 11.1. The fourth-order valence-corrected chi connectivity index (χ4v) is 7.21. The van der Waals surface area contributed by atoms with E-state index in [2.05, 4.69) is 0 Å². The Hall–Kier alpha value is 0.122. The first-order valence-electron chi connectivity index (χ1n) is 11.4. The zero-order valence-electron chi connectivity index (χ0n) is 20.6. The molecule has 0 heterocycles. The van der Waals surface area contributed by atoms with Crippen molar-refractivity contribution in [2.24, 2.45) is 28.6 Å². The van der Waals surface area contributed by atoms with Gasteiger partial charge in [-0.15, -0.1) is 0 Å². The van der Waals surface area contributed by atoms with Gasteiger partial charge in [0.15, 0.2) is 11.9 Å². The van der Waals surface area contributed by atoms with E-state index in [1.54, 1.807) is 34.6 Å². The summed E-state index contributed by atoms with van der Waals surface area (Å²) < 4.78 is 5.53. The van der Waals surface area contributed by atoms with Crippen LogP contribution < -0.4 is 0 Å². The van der Waals surface area contributed by atoms with Crippen LogP contribution >= 0.6 is 0 Å². The third kappa shape index (κ3) is 3.84. The van der Waals surface area contributed by atoms with Crippen molar-refractivity contribution in [3.8, 4) is 0 Å². The molecule has 3 aliphatic rings. The molecule has 2 bridgehead atoms. The first kappa shape index (κ1) is 29.4. The van der Waals surface area contributed by atoms with Gasteiger partial charge in [-0.3, -0.25) is 9.59 Å². The fourth-order valence-electron chi connectivity index (χ4n) is 7.21. The summed E-state index contributed by atoms with van der Waals surface area (Å²) in [6.45, 7) is 10.5. The maximum absolute atomic E-state index is 14.2. The van der Waals surface area contributed by atoms with Crippen LogP contribution in [0.4, 0.5) is 0 Å². The van der Waals surface area contributed by atoms with E-state index in [1.165, 1.54) is 13.8 Å². The molecule has 2 saturated carbocycles. The number of ether oxygens (including phenoxy) is 1. The van der Waals surface area contributed by atoms with Crippen molar-refractivity contribution < 1.29 is 83.9 Å². The second-order valence-corrected chi connectivity index (χ2v) is 11.1. The van der Waals surface area contributed by atoms with Gasteiger partial charge in [0.2, 0.25) is 0 Å². The SMILES string of the molecule is CC(=O)OC1C(=O)[C@]2(C)C(O)C[C@@H](C)C(O)(CO)C2[C@H](C)C2(O)CC(O)C(C)=C1C2(C)C.[Ac]. The van der Waals surface area contributed by atoms with Crippen LogP contribution in [-0.4, -0.2) is 73.4 Å². The van der Waals surface area contributed by atoms with Gasteiger partial charge < -0.3 is 30.3 Å². The third-order valence-corrected chi connectivity index (χ3v) is 9.31. The number of fused-ring (bicyclic) bond motifs is 3. The van der Waals surface area contributed by atoms with Gasteiger partial charge in [-0.2, -0.15) is 0 Å². The molecule has 9 atom stereocenters. The van der Waals surface area contributed by atoms with Crippen LogP contribution in [-0.2, 0) is 14.3 Å². The van der Waals surface area contributed by atoms with Crippen LogP contribution in [0.3, 0.4) is 0 Å². The van der Waals surface area contributed by atoms with Crippen LogP contribution in [0.15, 0.2) is 11.1 Å².